The Kier molecular flexibility index (Phi) is 6.98. The van der Waals surface area contributed by atoms with Gasteiger partial charge in [0, 0.05) is 30.1 Å². The van der Waals surface area contributed by atoms with Crippen molar-refractivity contribution in [1.29, 1.82) is 0 Å². The molecule has 1 N–H and O–H groups in total. The Morgan fingerprint density at radius 1 is 1.24 bits per heavy atom. The summed E-state index contributed by atoms with van der Waals surface area (Å²) in [5.41, 5.74) is -0.737. The summed E-state index contributed by atoms with van der Waals surface area (Å²) in [6.07, 6.45) is 0.365. The van der Waals surface area contributed by atoms with E-state index in [2.05, 4.69) is 10.2 Å². The van der Waals surface area contributed by atoms with E-state index in [9.17, 15) is 22.4 Å². The summed E-state index contributed by atoms with van der Waals surface area (Å²) in [6, 6.07) is 1.73. The van der Waals surface area contributed by atoms with Gasteiger partial charge in [-0.15, -0.1) is 11.8 Å². The van der Waals surface area contributed by atoms with Gasteiger partial charge in [-0.1, -0.05) is 12.8 Å². The van der Waals surface area contributed by atoms with Gasteiger partial charge in [-0.05, 0) is 37.7 Å². The van der Waals surface area contributed by atoms with E-state index in [4.69, 9.17) is 4.74 Å². The molecule has 0 spiro atoms. The van der Waals surface area contributed by atoms with Crippen LogP contribution in [0.2, 0.25) is 0 Å². The van der Waals surface area contributed by atoms with Gasteiger partial charge < -0.3 is 10.1 Å². The molecular formula is C20H26F4N2O2S. The van der Waals surface area contributed by atoms with Crippen molar-refractivity contribution in [3.63, 3.8) is 0 Å². The minimum absolute atomic E-state index is 0.0478. The molecule has 1 heterocycles. The fourth-order valence-electron chi connectivity index (χ4n) is 4.30. The standard InChI is InChI=1S/C20H26F4N2O2S/c1-28-16-9-12(20(22,23)24)10-17(29-2)18(16)19(27)25-14-5-3-4-6-15(14)26-8-7-13(21)11-26/h9-10,13-15H,3-8,11H2,1-2H3,(H,25,27). The predicted octanol–water partition coefficient (Wildman–Crippen LogP) is 4.52. The molecular weight excluding hydrogens is 408 g/mol. The minimum Gasteiger partial charge on any atom is -0.496 e. The number of hydrogen-bond acceptors (Lipinski definition) is 4. The second-order valence-electron chi connectivity index (χ2n) is 7.57. The fraction of sp³-hybridized carbons (Fsp3) is 0.650. The lowest BCUT2D eigenvalue weighted by molar-refractivity contribution is -0.137. The maximum Gasteiger partial charge on any atom is 0.416 e. The van der Waals surface area contributed by atoms with Crippen molar-refractivity contribution < 1.29 is 27.1 Å². The van der Waals surface area contributed by atoms with E-state index >= 15 is 0 Å². The number of nitrogens with zero attached hydrogens (tertiary/aromatic N) is 1. The number of methoxy groups -OCH3 is 1. The fourth-order valence-corrected chi connectivity index (χ4v) is 4.94. The second-order valence-corrected chi connectivity index (χ2v) is 8.41. The molecule has 1 aliphatic carbocycles. The number of hydrogen-bond donors (Lipinski definition) is 1. The number of rotatable bonds is 5. The van der Waals surface area contributed by atoms with E-state index in [1.54, 1.807) is 6.26 Å². The van der Waals surface area contributed by atoms with Gasteiger partial charge in [0.25, 0.3) is 5.91 Å². The first-order valence-corrected chi connectivity index (χ1v) is 11.0. The number of amides is 1. The summed E-state index contributed by atoms with van der Waals surface area (Å²) >= 11 is 1.07. The van der Waals surface area contributed by atoms with Gasteiger partial charge in [-0.3, -0.25) is 9.69 Å². The molecule has 1 saturated heterocycles. The van der Waals surface area contributed by atoms with Gasteiger partial charge in [-0.25, -0.2) is 4.39 Å². The summed E-state index contributed by atoms with van der Waals surface area (Å²) in [6.45, 7) is 1.04. The zero-order valence-electron chi connectivity index (χ0n) is 16.5. The molecule has 3 unspecified atom stereocenters. The van der Waals surface area contributed by atoms with Gasteiger partial charge in [0.2, 0.25) is 0 Å². The Labute approximate surface area is 172 Å². The monoisotopic (exact) mass is 434 g/mol. The molecule has 1 saturated carbocycles. The highest BCUT2D eigenvalue weighted by Gasteiger charge is 2.37. The summed E-state index contributed by atoms with van der Waals surface area (Å²) < 4.78 is 58.4. The number of alkyl halides is 4. The Bertz CT molecular complexity index is 719. The number of carbonyl (C=O) groups is 1. The third-order valence-electron chi connectivity index (χ3n) is 5.74. The van der Waals surface area contributed by atoms with Gasteiger partial charge in [0.1, 0.15) is 11.9 Å². The van der Waals surface area contributed by atoms with Crippen LogP contribution in [0.1, 0.15) is 48.0 Å². The van der Waals surface area contributed by atoms with E-state index in [0.717, 1.165) is 49.6 Å². The van der Waals surface area contributed by atoms with Crippen LogP contribution in [0.3, 0.4) is 0 Å². The average molecular weight is 434 g/mol. The molecule has 0 radical (unpaired) electrons. The molecule has 4 nitrogen and oxygen atoms in total. The van der Waals surface area contributed by atoms with Crippen LogP contribution in [0.5, 0.6) is 5.75 Å². The largest absolute Gasteiger partial charge is 0.496 e. The average Bonchev–Trinajstić information content (AvgIpc) is 3.12. The number of likely N-dealkylation sites (tertiary alicyclic amines) is 1. The molecule has 1 aliphatic heterocycles. The summed E-state index contributed by atoms with van der Waals surface area (Å²) in [5.74, 6) is -0.549. The van der Waals surface area contributed by atoms with Crippen LogP contribution in [-0.2, 0) is 6.18 Å². The molecule has 2 fully saturated rings. The van der Waals surface area contributed by atoms with Crippen LogP contribution < -0.4 is 10.1 Å². The lowest BCUT2D eigenvalue weighted by atomic mass is 9.89. The van der Waals surface area contributed by atoms with Crippen molar-refractivity contribution in [1.82, 2.24) is 10.2 Å². The third-order valence-corrected chi connectivity index (χ3v) is 6.50. The van der Waals surface area contributed by atoms with Crippen LogP contribution >= 0.6 is 11.8 Å². The molecule has 162 valence electrons. The number of ether oxygens (including phenoxy) is 1. The Morgan fingerprint density at radius 2 is 1.97 bits per heavy atom. The first kappa shape index (κ1) is 22.2. The van der Waals surface area contributed by atoms with E-state index in [-0.39, 0.29) is 28.3 Å². The predicted molar refractivity (Wildman–Crippen MR) is 104 cm³/mol. The maximum absolute atomic E-state index is 13.7. The third kappa shape index (κ3) is 4.99. The van der Waals surface area contributed by atoms with E-state index in [1.807, 2.05) is 0 Å². The van der Waals surface area contributed by atoms with Crippen LogP contribution in [0.4, 0.5) is 17.6 Å². The van der Waals surface area contributed by atoms with Crippen LogP contribution in [0.15, 0.2) is 17.0 Å². The summed E-state index contributed by atoms with van der Waals surface area (Å²) in [5, 5.41) is 3.01. The quantitative estimate of drug-likeness (QED) is 0.547. The molecule has 0 aromatic heterocycles. The number of thioether (sulfide) groups is 1. The minimum atomic E-state index is -4.53. The van der Waals surface area contributed by atoms with Crippen molar-refractivity contribution in [3.8, 4) is 5.75 Å². The van der Waals surface area contributed by atoms with Gasteiger partial charge in [0.15, 0.2) is 0 Å². The zero-order valence-corrected chi connectivity index (χ0v) is 17.3. The normalized spacial score (nSPS) is 25.8. The summed E-state index contributed by atoms with van der Waals surface area (Å²) in [7, 11) is 1.26. The second kappa shape index (κ2) is 9.12. The number of carbonyl (C=O) groups excluding carboxylic acids is 1. The highest BCUT2D eigenvalue weighted by atomic mass is 32.2. The van der Waals surface area contributed by atoms with E-state index in [1.165, 1.54) is 7.11 Å². The van der Waals surface area contributed by atoms with Crippen molar-refractivity contribution in [2.75, 3.05) is 26.5 Å². The first-order valence-electron chi connectivity index (χ1n) is 9.76. The van der Waals surface area contributed by atoms with Crippen molar-refractivity contribution in [2.24, 2.45) is 0 Å². The van der Waals surface area contributed by atoms with E-state index in [0.29, 0.717) is 19.5 Å². The van der Waals surface area contributed by atoms with Gasteiger partial charge in [0.05, 0.1) is 18.2 Å². The SMILES string of the molecule is COc1cc(C(F)(F)F)cc(SC)c1C(=O)NC1CCCCC1N1CCC(F)C1. The Hall–Kier alpha value is -1.48. The molecule has 3 rings (SSSR count). The van der Waals surface area contributed by atoms with Crippen LogP contribution in [0, 0.1) is 0 Å². The zero-order chi connectivity index (χ0) is 21.2. The number of nitrogens with one attached hydrogen (secondary N) is 1. The number of benzene rings is 1. The van der Waals surface area contributed by atoms with E-state index < -0.39 is 23.8 Å². The first-order chi connectivity index (χ1) is 13.7. The summed E-state index contributed by atoms with van der Waals surface area (Å²) in [4.78, 5) is 15.4. The number of halogens is 4. The van der Waals surface area contributed by atoms with Crippen molar-refractivity contribution >= 4 is 17.7 Å². The van der Waals surface area contributed by atoms with Gasteiger partial charge >= 0.3 is 6.18 Å². The molecule has 0 bridgehead atoms. The Morgan fingerprint density at radius 3 is 2.55 bits per heavy atom. The molecule has 29 heavy (non-hydrogen) atoms. The van der Waals surface area contributed by atoms with Crippen LogP contribution in [0.25, 0.3) is 0 Å². The lowest BCUT2D eigenvalue weighted by Gasteiger charge is -2.38. The smallest absolute Gasteiger partial charge is 0.416 e. The van der Waals surface area contributed by atoms with Crippen molar-refractivity contribution in [3.05, 3.63) is 23.3 Å². The van der Waals surface area contributed by atoms with Crippen LogP contribution in [-0.4, -0.2) is 55.5 Å². The molecule has 1 aromatic carbocycles. The molecule has 1 amide bonds. The molecule has 1 aromatic rings. The lowest BCUT2D eigenvalue weighted by Crippen LogP contribution is -2.52. The molecule has 3 atom stereocenters. The topological polar surface area (TPSA) is 41.6 Å². The van der Waals surface area contributed by atoms with Crippen molar-refractivity contribution in [2.45, 2.75) is 61.4 Å². The molecule has 2 aliphatic rings. The molecule has 9 heteroatoms. The highest BCUT2D eigenvalue weighted by Crippen LogP contribution is 2.38. The Balaban J connectivity index is 1.85. The highest BCUT2D eigenvalue weighted by molar-refractivity contribution is 7.98. The maximum atomic E-state index is 13.7. The van der Waals surface area contributed by atoms with Gasteiger partial charge in [-0.2, -0.15) is 13.2 Å².